The van der Waals surface area contributed by atoms with Crippen LogP contribution in [0.25, 0.3) is 0 Å². The fraction of sp³-hybridized carbons (Fsp3) is 0.444. The van der Waals surface area contributed by atoms with Gasteiger partial charge >= 0.3 is 0 Å². The molecule has 5 rings (SSSR count). The lowest BCUT2D eigenvalue weighted by Crippen LogP contribution is -2.52. The van der Waals surface area contributed by atoms with Crippen LogP contribution in [0.2, 0.25) is 0 Å². The molecule has 6 atom stereocenters. The van der Waals surface area contributed by atoms with Crippen molar-refractivity contribution in [3.8, 4) is 5.75 Å². The summed E-state index contributed by atoms with van der Waals surface area (Å²) in [4.78, 5) is 27.2. The Labute approximate surface area is 203 Å². The molecule has 1 aliphatic heterocycles. The summed E-state index contributed by atoms with van der Waals surface area (Å²) in [5.41, 5.74) is 7.03. The van der Waals surface area contributed by atoms with Gasteiger partial charge in [0.2, 0.25) is 0 Å². The third-order valence-corrected chi connectivity index (χ3v) is 7.62. The molecule has 0 saturated carbocycles. The molecule has 2 aliphatic carbocycles. The molecule has 0 bridgehead atoms. The van der Waals surface area contributed by atoms with Gasteiger partial charge in [0.05, 0.1) is 29.5 Å². The number of ether oxygens (including phenoxy) is 2. The molecular formula is C27H30NO7. The molecular weight excluding hydrogens is 450 g/mol. The number of carbonyl (C=O) groups excluding carboxylic acids is 2. The third-order valence-electron chi connectivity index (χ3n) is 7.62. The minimum absolute atomic E-state index is 0.0617. The van der Waals surface area contributed by atoms with Crippen molar-refractivity contribution in [3.05, 3.63) is 69.1 Å². The number of aliphatic hydroxyl groups is 2. The van der Waals surface area contributed by atoms with Gasteiger partial charge in [0.25, 0.3) is 0 Å². The zero-order chi connectivity index (χ0) is 25.4. The monoisotopic (exact) mass is 480 g/mol. The molecule has 0 aromatic heterocycles. The third kappa shape index (κ3) is 3.55. The Morgan fingerprint density at radius 2 is 1.86 bits per heavy atom. The number of fused-ring (bicyclic) bond motifs is 3. The minimum atomic E-state index is -1.35. The van der Waals surface area contributed by atoms with E-state index in [1.807, 2.05) is 0 Å². The molecule has 1 fully saturated rings. The molecule has 3 aliphatic rings. The first-order valence-corrected chi connectivity index (χ1v) is 11.8. The van der Waals surface area contributed by atoms with E-state index in [1.54, 1.807) is 52.3 Å². The summed E-state index contributed by atoms with van der Waals surface area (Å²) in [5.74, 6) is -1.14. The van der Waals surface area contributed by atoms with Crippen LogP contribution in [0.3, 0.4) is 0 Å². The van der Waals surface area contributed by atoms with Crippen molar-refractivity contribution in [2.24, 2.45) is 5.73 Å². The van der Waals surface area contributed by atoms with Crippen LogP contribution in [-0.4, -0.2) is 51.4 Å². The van der Waals surface area contributed by atoms with Crippen LogP contribution >= 0.6 is 0 Å². The highest BCUT2D eigenvalue weighted by Crippen LogP contribution is 2.52. The molecule has 0 spiro atoms. The van der Waals surface area contributed by atoms with E-state index in [0.29, 0.717) is 35.1 Å². The Hall–Kier alpha value is -2.62. The van der Waals surface area contributed by atoms with E-state index in [1.165, 1.54) is 0 Å². The van der Waals surface area contributed by atoms with Crippen LogP contribution < -0.4 is 5.73 Å². The van der Waals surface area contributed by atoms with Gasteiger partial charge in [-0.3, -0.25) is 9.59 Å². The molecule has 2 aromatic carbocycles. The first-order chi connectivity index (χ1) is 16.4. The van der Waals surface area contributed by atoms with E-state index in [2.05, 4.69) is 0 Å². The van der Waals surface area contributed by atoms with Crippen LogP contribution in [0, 0.1) is 20.3 Å². The van der Waals surface area contributed by atoms with Crippen LogP contribution in [-0.2, 0) is 15.1 Å². The Balaban J connectivity index is 1.66. The van der Waals surface area contributed by atoms with Crippen molar-refractivity contribution < 1.29 is 34.4 Å². The molecule has 2 aromatic rings. The number of aromatic hydroxyl groups is 1. The Morgan fingerprint density at radius 1 is 1.14 bits per heavy atom. The van der Waals surface area contributed by atoms with Gasteiger partial charge < -0.3 is 30.5 Å². The smallest absolute Gasteiger partial charge is 0.198 e. The molecule has 0 amide bonds. The second kappa shape index (κ2) is 8.21. The molecule has 4 unspecified atom stereocenters. The van der Waals surface area contributed by atoms with Gasteiger partial charge in [0, 0.05) is 34.7 Å². The molecule has 1 heterocycles. The number of benzene rings is 2. The summed E-state index contributed by atoms with van der Waals surface area (Å²) in [5, 5.41) is 32.9. The van der Waals surface area contributed by atoms with E-state index in [4.69, 9.17) is 15.2 Å². The first kappa shape index (κ1) is 24.1. The number of hydrogen-bond donors (Lipinski definition) is 4. The van der Waals surface area contributed by atoms with E-state index in [9.17, 15) is 24.9 Å². The Bertz CT molecular complexity index is 1240. The topological polar surface area (TPSA) is 139 Å². The number of hydrogen-bond acceptors (Lipinski definition) is 8. The maximum atomic E-state index is 13.6. The molecule has 8 nitrogen and oxygen atoms in total. The largest absolute Gasteiger partial charge is 0.507 e. The molecule has 35 heavy (non-hydrogen) atoms. The fourth-order valence-electron chi connectivity index (χ4n) is 5.82. The molecule has 8 heteroatoms. The van der Waals surface area contributed by atoms with E-state index >= 15 is 0 Å². The summed E-state index contributed by atoms with van der Waals surface area (Å²) in [7, 11) is 0. The Morgan fingerprint density at radius 3 is 2.54 bits per heavy atom. The van der Waals surface area contributed by atoms with Crippen molar-refractivity contribution in [2.75, 3.05) is 0 Å². The van der Waals surface area contributed by atoms with Crippen LogP contribution in [0.1, 0.15) is 86.9 Å². The summed E-state index contributed by atoms with van der Waals surface area (Å²) in [6, 6.07) is 4.43. The fourth-order valence-corrected chi connectivity index (χ4v) is 5.82. The number of nitrogens with two attached hydrogens (primary N) is 1. The molecule has 1 radical (unpaired) electrons. The van der Waals surface area contributed by atoms with Crippen LogP contribution in [0.5, 0.6) is 5.75 Å². The summed E-state index contributed by atoms with van der Waals surface area (Å²) < 4.78 is 11.9. The lowest BCUT2D eigenvalue weighted by atomic mass is 9.70. The predicted molar refractivity (Wildman–Crippen MR) is 126 cm³/mol. The van der Waals surface area contributed by atoms with E-state index in [0.717, 1.165) is 0 Å². The lowest BCUT2D eigenvalue weighted by Gasteiger charge is -2.42. The average Bonchev–Trinajstić information content (AvgIpc) is 2.79. The van der Waals surface area contributed by atoms with E-state index < -0.39 is 42.0 Å². The average molecular weight is 481 g/mol. The van der Waals surface area contributed by atoms with Crippen molar-refractivity contribution in [1.82, 2.24) is 0 Å². The second-order valence-corrected chi connectivity index (χ2v) is 10.1. The number of rotatable bonds is 2. The molecule has 5 N–H and O–H groups in total. The number of phenolic OH excluding ortho intramolecular Hbond substituents is 1. The minimum Gasteiger partial charge on any atom is -0.507 e. The summed E-state index contributed by atoms with van der Waals surface area (Å²) in [6.45, 7) is 6.77. The van der Waals surface area contributed by atoms with Gasteiger partial charge in [0.15, 0.2) is 17.9 Å². The van der Waals surface area contributed by atoms with Crippen molar-refractivity contribution in [1.29, 1.82) is 0 Å². The lowest BCUT2D eigenvalue weighted by molar-refractivity contribution is -0.220. The second-order valence-electron chi connectivity index (χ2n) is 10.1. The van der Waals surface area contributed by atoms with Crippen molar-refractivity contribution in [3.63, 3.8) is 0 Å². The SMILES string of the molecule is Cc1cccc2c1C(=O)c1c(O)c3c(c(C)c1C2=O)[C@](C)(O)CC[C@@H]3OC1[CH]C(N)C(O)C(C)O1. The highest BCUT2D eigenvalue weighted by molar-refractivity contribution is 6.30. The Kier molecular flexibility index (Phi) is 5.65. The normalized spacial score (nSPS) is 32.1. The number of aryl methyl sites for hydroxylation is 1. The van der Waals surface area contributed by atoms with Gasteiger partial charge in [-0.2, -0.15) is 0 Å². The van der Waals surface area contributed by atoms with Crippen LogP contribution in [0.4, 0.5) is 0 Å². The number of aliphatic hydroxyl groups excluding tert-OH is 1. The number of phenols is 1. The highest BCUT2D eigenvalue weighted by Gasteiger charge is 2.46. The van der Waals surface area contributed by atoms with E-state index in [-0.39, 0.29) is 33.8 Å². The standard InChI is InChI=1S/C27H30NO7/c1-11-6-5-7-14-18(11)25(31)21-19(24(14)30)12(2)22-20(26(21)32)16(8-9-27(22,4)33)35-17-10-15(28)23(29)13(3)34-17/h5-7,10,13,15-17,23,29,32-33H,8-9,28H2,1-4H3/t13?,15?,16-,17?,23?,27+/m0/s1. The van der Waals surface area contributed by atoms with Gasteiger partial charge in [-0.1, -0.05) is 18.2 Å². The predicted octanol–water partition coefficient (Wildman–Crippen LogP) is 2.48. The summed E-state index contributed by atoms with van der Waals surface area (Å²) in [6.07, 6.45) is -0.838. The van der Waals surface area contributed by atoms with Crippen LogP contribution in [0.15, 0.2) is 18.2 Å². The van der Waals surface area contributed by atoms with Crippen molar-refractivity contribution >= 4 is 11.6 Å². The van der Waals surface area contributed by atoms with Crippen molar-refractivity contribution in [2.45, 2.75) is 76.8 Å². The zero-order valence-corrected chi connectivity index (χ0v) is 20.2. The van der Waals surface area contributed by atoms with Gasteiger partial charge in [0.1, 0.15) is 5.75 Å². The quantitative estimate of drug-likeness (QED) is 0.439. The molecule has 1 saturated heterocycles. The summed E-state index contributed by atoms with van der Waals surface area (Å²) >= 11 is 0. The maximum absolute atomic E-state index is 13.6. The zero-order valence-electron chi connectivity index (χ0n) is 20.2. The molecule has 185 valence electrons. The van der Waals surface area contributed by atoms with Gasteiger partial charge in [-0.05, 0) is 57.2 Å². The highest BCUT2D eigenvalue weighted by atomic mass is 16.7. The number of carbonyl (C=O) groups is 2. The number of ketones is 2. The maximum Gasteiger partial charge on any atom is 0.198 e. The first-order valence-electron chi connectivity index (χ1n) is 11.8. The van der Waals surface area contributed by atoms with Gasteiger partial charge in [-0.25, -0.2) is 0 Å². The van der Waals surface area contributed by atoms with Gasteiger partial charge in [-0.15, -0.1) is 0 Å².